The number of hydrogen-bond acceptors (Lipinski definition) is 9. The van der Waals surface area contributed by atoms with E-state index >= 15 is 0 Å². The summed E-state index contributed by atoms with van der Waals surface area (Å²) in [5.41, 5.74) is 0.370. The van der Waals surface area contributed by atoms with E-state index in [1.54, 1.807) is 91.0 Å². The molecule has 0 saturated carbocycles. The highest BCUT2D eigenvalue weighted by Crippen LogP contribution is 2.50. The lowest BCUT2D eigenvalue weighted by molar-refractivity contribution is -0.282. The molecule has 18 heteroatoms. The number of hydrogen-bond donors (Lipinski definition) is 7. The van der Waals surface area contributed by atoms with Gasteiger partial charge in [0.05, 0.1) is 6.61 Å². The van der Waals surface area contributed by atoms with E-state index in [2.05, 4.69) is 9.05 Å². The second-order valence-corrected chi connectivity index (χ2v) is 12.9. The van der Waals surface area contributed by atoms with E-state index in [9.17, 15) is 48.2 Å². The zero-order valence-electron chi connectivity index (χ0n) is 22.0. The first-order valence-electron chi connectivity index (χ1n) is 12.4. The molecule has 0 aromatic heterocycles. The third kappa shape index (κ3) is 8.74. The van der Waals surface area contributed by atoms with Crippen molar-refractivity contribution in [2.24, 2.45) is 0 Å². The van der Waals surface area contributed by atoms with Crippen molar-refractivity contribution < 1.29 is 71.2 Å². The molecule has 3 aromatic carbocycles. The minimum Gasteiger partial charge on any atom is -0.366 e. The Morgan fingerprint density at radius 2 is 0.930 bits per heavy atom. The van der Waals surface area contributed by atoms with Crippen molar-refractivity contribution in [1.82, 2.24) is 0 Å². The largest absolute Gasteiger partial charge is 0.470 e. The molecule has 0 bridgehead atoms. The highest BCUT2D eigenvalue weighted by Gasteiger charge is 2.54. The van der Waals surface area contributed by atoms with Crippen LogP contribution in [0.1, 0.15) is 16.7 Å². The average Bonchev–Trinajstić information content (AvgIpc) is 2.93. The highest BCUT2D eigenvalue weighted by molar-refractivity contribution is 7.47. The first-order chi connectivity index (χ1) is 20.1. The van der Waals surface area contributed by atoms with Crippen LogP contribution < -0.4 is 0 Å². The molecule has 0 spiro atoms. The normalized spacial score (nSPS) is 23.7. The van der Waals surface area contributed by atoms with Gasteiger partial charge in [0.25, 0.3) is 0 Å². The average molecular weight is 662 g/mol. The first-order valence-corrected chi connectivity index (χ1v) is 17.0. The monoisotopic (exact) mass is 662 g/mol. The number of phosphoric ester groups is 3. The minimum absolute atomic E-state index is 0.599. The van der Waals surface area contributed by atoms with Crippen LogP contribution in [-0.2, 0) is 42.3 Å². The molecule has 0 unspecified atom stereocenters. The Morgan fingerprint density at radius 3 is 1.30 bits per heavy atom. The summed E-state index contributed by atoms with van der Waals surface area (Å²) >= 11 is 0. The maximum Gasteiger partial charge on any atom is 0.470 e. The molecule has 4 rings (SSSR count). The van der Waals surface area contributed by atoms with Gasteiger partial charge < -0.3 is 43.9 Å². The third-order valence-electron chi connectivity index (χ3n) is 6.39. The van der Waals surface area contributed by atoms with Crippen LogP contribution in [0.3, 0.4) is 0 Å². The third-order valence-corrected chi connectivity index (χ3v) is 7.95. The van der Waals surface area contributed by atoms with Gasteiger partial charge in [0.2, 0.25) is 0 Å². The summed E-state index contributed by atoms with van der Waals surface area (Å²) in [7, 11) is -16.6. The van der Waals surface area contributed by atoms with Gasteiger partial charge in [-0.25, -0.2) is 13.7 Å². The van der Waals surface area contributed by atoms with E-state index in [0.717, 1.165) is 0 Å². The molecule has 7 N–H and O–H groups in total. The van der Waals surface area contributed by atoms with Crippen LogP contribution in [0.2, 0.25) is 0 Å². The molecular formula is C25H29O15P3. The van der Waals surface area contributed by atoms with Gasteiger partial charge in [-0.05, 0) is 16.7 Å². The highest BCUT2D eigenvalue weighted by atomic mass is 31.2. The predicted molar refractivity (Wildman–Crippen MR) is 147 cm³/mol. The predicted octanol–water partition coefficient (Wildman–Crippen LogP) is 2.15. The summed E-state index contributed by atoms with van der Waals surface area (Å²) in [4.78, 5) is 57.0. The van der Waals surface area contributed by atoms with E-state index < -0.39 is 66.4 Å². The molecule has 234 valence electrons. The summed E-state index contributed by atoms with van der Waals surface area (Å²) in [6.45, 7) is -0.677. The molecular weight excluding hydrogens is 633 g/mol. The molecule has 3 aromatic rings. The second-order valence-electron chi connectivity index (χ2n) is 9.34. The van der Waals surface area contributed by atoms with Crippen molar-refractivity contribution in [2.75, 3.05) is 6.61 Å². The van der Waals surface area contributed by atoms with Gasteiger partial charge in [-0.15, -0.1) is 0 Å². The van der Waals surface area contributed by atoms with Crippen LogP contribution in [0.4, 0.5) is 0 Å². The maximum absolute atomic E-state index is 12.0. The van der Waals surface area contributed by atoms with Gasteiger partial charge in [-0.3, -0.25) is 13.6 Å². The molecule has 0 amide bonds. The lowest BCUT2D eigenvalue weighted by Crippen LogP contribution is -2.61. The van der Waals surface area contributed by atoms with Crippen LogP contribution in [-0.4, -0.2) is 71.8 Å². The summed E-state index contributed by atoms with van der Waals surface area (Å²) in [5.74, 6) is 0. The SMILES string of the molecule is O=P(O)(O)O[C@H]1[C@H](OP(=O)(O)O)[C@H](COC(c2ccccc2)(c2ccccc2)c2ccccc2)O[C@H](O)[C@H]1OP(=O)(O)O. The molecule has 1 aliphatic heterocycles. The van der Waals surface area contributed by atoms with Gasteiger partial charge in [0, 0.05) is 0 Å². The van der Waals surface area contributed by atoms with Crippen LogP contribution in [0.15, 0.2) is 91.0 Å². The van der Waals surface area contributed by atoms with E-state index in [4.69, 9.17) is 14.0 Å². The fourth-order valence-corrected chi connectivity index (χ4v) is 6.51. The summed E-state index contributed by atoms with van der Waals surface area (Å²) in [5, 5.41) is 10.6. The van der Waals surface area contributed by atoms with Crippen LogP contribution in [0.5, 0.6) is 0 Å². The number of benzene rings is 3. The van der Waals surface area contributed by atoms with Crippen LogP contribution in [0, 0.1) is 0 Å². The number of rotatable bonds is 12. The minimum atomic E-state index is -5.56. The topological polar surface area (TPSA) is 239 Å². The van der Waals surface area contributed by atoms with Crippen molar-refractivity contribution in [3.63, 3.8) is 0 Å². The summed E-state index contributed by atoms with van der Waals surface area (Å²) in [6.07, 6.45) is -11.0. The molecule has 15 nitrogen and oxygen atoms in total. The van der Waals surface area contributed by atoms with Gasteiger partial charge in [-0.1, -0.05) is 91.0 Å². The molecule has 1 fully saturated rings. The van der Waals surface area contributed by atoms with Crippen LogP contribution >= 0.6 is 23.5 Å². The lowest BCUT2D eigenvalue weighted by atomic mass is 9.80. The lowest BCUT2D eigenvalue weighted by Gasteiger charge is -2.45. The Morgan fingerprint density at radius 1 is 0.581 bits per heavy atom. The summed E-state index contributed by atoms with van der Waals surface area (Å²) < 4.78 is 61.2. The quantitative estimate of drug-likeness (QED) is 0.109. The van der Waals surface area contributed by atoms with Gasteiger partial charge >= 0.3 is 23.5 Å². The molecule has 1 heterocycles. The fourth-order valence-electron chi connectivity index (χ4n) is 4.84. The smallest absolute Gasteiger partial charge is 0.366 e. The van der Waals surface area contributed by atoms with E-state index in [0.29, 0.717) is 16.7 Å². The van der Waals surface area contributed by atoms with E-state index in [1.807, 2.05) is 0 Å². The Hall–Kier alpha value is -2.13. The molecule has 5 atom stereocenters. The molecule has 1 saturated heterocycles. The number of ether oxygens (including phenoxy) is 2. The molecule has 0 aliphatic carbocycles. The van der Waals surface area contributed by atoms with Crippen LogP contribution in [0.25, 0.3) is 0 Å². The zero-order chi connectivity index (χ0) is 31.5. The summed E-state index contributed by atoms with van der Waals surface area (Å²) in [6, 6.07) is 26.5. The fraction of sp³-hybridized carbons (Fsp3) is 0.280. The first kappa shape index (κ1) is 33.8. The maximum atomic E-state index is 12.0. The van der Waals surface area contributed by atoms with Crippen molar-refractivity contribution >= 4 is 23.5 Å². The van der Waals surface area contributed by atoms with Crippen molar-refractivity contribution in [1.29, 1.82) is 0 Å². The number of aliphatic hydroxyl groups excluding tert-OH is 1. The van der Waals surface area contributed by atoms with Gasteiger partial charge in [-0.2, -0.15) is 0 Å². The number of phosphoric acid groups is 3. The Kier molecular flexibility index (Phi) is 10.6. The second kappa shape index (κ2) is 13.5. The van der Waals surface area contributed by atoms with Gasteiger partial charge in [0.1, 0.15) is 30.0 Å². The Labute approximate surface area is 245 Å². The van der Waals surface area contributed by atoms with Crippen molar-refractivity contribution in [3.8, 4) is 0 Å². The number of aliphatic hydroxyl groups is 1. The Balaban J connectivity index is 1.83. The van der Waals surface area contributed by atoms with Gasteiger partial charge in [0.15, 0.2) is 6.29 Å². The standard InChI is InChI=1S/C25H29O15P3/c26-24-23(40-43(33,34)35)22(39-42(30,31)32)21(38-41(27,28)29)20(37-24)16-36-25(17-10-4-1-5-11-17,18-12-6-2-7-13-18)19-14-8-3-9-15-19/h1-15,20-24,26H,16H2,(H2,27,28,29)(H2,30,31,32)(H2,33,34,35)/t20-,21+,22-,23-,24-/m0/s1. The molecule has 0 radical (unpaired) electrons. The van der Waals surface area contributed by atoms with Crippen molar-refractivity contribution in [3.05, 3.63) is 108 Å². The van der Waals surface area contributed by atoms with Crippen molar-refractivity contribution in [2.45, 2.75) is 36.3 Å². The molecule has 43 heavy (non-hydrogen) atoms. The molecule has 1 aliphatic rings. The van der Waals surface area contributed by atoms with E-state index in [-0.39, 0.29) is 0 Å². The zero-order valence-corrected chi connectivity index (χ0v) is 24.7. The van der Waals surface area contributed by atoms with E-state index in [1.165, 1.54) is 0 Å². The Bertz CT molecular complexity index is 1380.